The fourth-order valence-corrected chi connectivity index (χ4v) is 5.57. The van der Waals surface area contributed by atoms with Crippen LogP contribution in [0.4, 0.5) is 5.82 Å². The summed E-state index contributed by atoms with van der Waals surface area (Å²) in [6, 6.07) is 13.6. The molecule has 4 heterocycles. The molecule has 2 aliphatic heterocycles. The van der Waals surface area contributed by atoms with Crippen molar-refractivity contribution in [2.75, 3.05) is 19.1 Å². The second kappa shape index (κ2) is 7.99. The normalized spacial score (nSPS) is 26.2. The molecule has 0 aliphatic carbocycles. The number of methoxy groups -OCH3 is 1. The number of nitrogens with zero attached hydrogens (tertiary/aromatic N) is 4. The van der Waals surface area contributed by atoms with Crippen LogP contribution in [-0.4, -0.2) is 51.6 Å². The number of anilines is 1. The molecule has 33 heavy (non-hydrogen) atoms. The van der Waals surface area contributed by atoms with Crippen molar-refractivity contribution in [2.24, 2.45) is 0 Å². The van der Waals surface area contributed by atoms with E-state index >= 15 is 0 Å². The fourth-order valence-electron chi connectivity index (χ4n) is 5.57. The molecule has 2 fully saturated rings. The Labute approximate surface area is 194 Å². The van der Waals surface area contributed by atoms with Gasteiger partial charge in [0.1, 0.15) is 5.75 Å². The number of aromatic hydroxyl groups is 1. The van der Waals surface area contributed by atoms with Gasteiger partial charge in [0.25, 0.3) is 0 Å². The first-order chi connectivity index (χ1) is 15.8. The number of benzene rings is 1. The summed E-state index contributed by atoms with van der Waals surface area (Å²) in [7, 11) is 3.70. The van der Waals surface area contributed by atoms with Gasteiger partial charge in [-0.15, -0.1) is 10.2 Å². The highest BCUT2D eigenvalue weighted by atomic mass is 16.5. The maximum atomic E-state index is 10.7. The Morgan fingerprint density at radius 2 is 1.73 bits per heavy atom. The van der Waals surface area contributed by atoms with E-state index in [0.29, 0.717) is 23.2 Å². The lowest BCUT2D eigenvalue weighted by atomic mass is 9.84. The molecule has 0 spiro atoms. The van der Waals surface area contributed by atoms with Gasteiger partial charge >= 0.3 is 0 Å². The van der Waals surface area contributed by atoms with E-state index in [9.17, 15) is 5.11 Å². The smallest absolute Gasteiger partial charge is 0.213 e. The summed E-state index contributed by atoms with van der Waals surface area (Å²) in [6.07, 6.45) is 6.34. The number of ether oxygens (including phenoxy) is 1. The van der Waals surface area contributed by atoms with Gasteiger partial charge in [-0.25, -0.2) is 4.98 Å². The van der Waals surface area contributed by atoms with Crippen molar-refractivity contribution in [3.05, 3.63) is 48.7 Å². The average molecular weight is 446 g/mol. The average Bonchev–Trinajstić information content (AvgIpc) is 3.05. The molecule has 0 radical (unpaired) electrons. The maximum Gasteiger partial charge on any atom is 0.213 e. The second-order valence-electron chi connectivity index (χ2n) is 10.0. The zero-order valence-corrected chi connectivity index (χ0v) is 19.7. The van der Waals surface area contributed by atoms with Gasteiger partial charge in [0, 0.05) is 42.0 Å². The van der Waals surface area contributed by atoms with Crippen LogP contribution in [0.2, 0.25) is 0 Å². The zero-order valence-electron chi connectivity index (χ0n) is 19.7. The minimum atomic E-state index is 0.162. The number of nitrogens with one attached hydrogen (secondary N) is 1. The molecule has 2 aromatic heterocycles. The maximum absolute atomic E-state index is 10.7. The predicted octanol–water partition coefficient (Wildman–Crippen LogP) is 4.42. The summed E-state index contributed by atoms with van der Waals surface area (Å²) >= 11 is 0. The summed E-state index contributed by atoms with van der Waals surface area (Å²) in [6.45, 7) is 4.67. The number of hydrogen-bond donors (Lipinski definition) is 2. The molecular weight excluding hydrogens is 414 g/mol. The fraction of sp³-hybridized carbons (Fsp3) is 0.423. The third kappa shape index (κ3) is 4.13. The van der Waals surface area contributed by atoms with Gasteiger partial charge in [0.15, 0.2) is 5.82 Å². The van der Waals surface area contributed by atoms with E-state index in [-0.39, 0.29) is 16.8 Å². The summed E-state index contributed by atoms with van der Waals surface area (Å²) in [5.74, 6) is 1.55. The Bertz CT molecular complexity index is 1150. The molecule has 7 nitrogen and oxygen atoms in total. The van der Waals surface area contributed by atoms with Gasteiger partial charge in [-0.3, -0.25) is 0 Å². The molecule has 2 aliphatic rings. The highest BCUT2D eigenvalue weighted by molar-refractivity contribution is 5.74. The SMILES string of the molecule is COc1cc(-c2ccc(-c3ccc(N(C)C4C[C@]5(C)CC[C@](C)(C4)N5)nn3)c(O)c2)ccn1. The minimum absolute atomic E-state index is 0.162. The number of phenolic OH excluding ortho intramolecular Hbond substituents is 1. The van der Waals surface area contributed by atoms with Crippen LogP contribution in [0.25, 0.3) is 22.4 Å². The van der Waals surface area contributed by atoms with Gasteiger partial charge in [-0.2, -0.15) is 0 Å². The van der Waals surface area contributed by atoms with Gasteiger partial charge in [0.2, 0.25) is 5.88 Å². The number of phenols is 1. The first kappa shape index (κ1) is 21.6. The topological polar surface area (TPSA) is 83.4 Å². The van der Waals surface area contributed by atoms with E-state index < -0.39 is 0 Å². The van der Waals surface area contributed by atoms with Gasteiger partial charge < -0.3 is 20.1 Å². The first-order valence-electron chi connectivity index (χ1n) is 11.5. The van der Waals surface area contributed by atoms with Gasteiger partial charge in [-0.1, -0.05) is 6.07 Å². The molecule has 2 saturated heterocycles. The van der Waals surface area contributed by atoms with E-state index in [1.807, 2.05) is 36.4 Å². The predicted molar refractivity (Wildman–Crippen MR) is 130 cm³/mol. The molecule has 7 heteroatoms. The van der Waals surface area contributed by atoms with Crippen molar-refractivity contribution >= 4 is 5.82 Å². The van der Waals surface area contributed by atoms with E-state index in [1.165, 1.54) is 12.8 Å². The van der Waals surface area contributed by atoms with Crippen molar-refractivity contribution in [1.82, 2.24) is 20.5 Å². The van der Waals surface area contributed by atoms with Crippen LogP contribution in [0.3, 0.4) is 0 Å². The molecule has 172 valence electrons. The van der Waals surface area contributed by atoms with Crippen LogP contribution in [0, 0.1) is 0 Å². The second-order valence-corrected chi connectivity index (χ2v) is 10.0. The summed E-state index contributed by atoms with van der Waals surface area (Å²) in [4.78, 5) is 6.40. The number of piperidine rings is 1. The van der Waals surface area contributed by atoms with Crippen LogP contribution >= 0.6 is 0 Å². The lowest BCUT2D eigenvalue weighted by Gasteiger charge is -2.45. The van der Waals surface area contributed by atoms with E-state index in [2.05, 4.69) is 46.3 Å². The van der Waals surface area contributed by atoms with Gasteiger partial charge in [0.05, 0.1) is 12.8 Å². The Balaban J connectivity index is 1.35. The number of fused-ring (bicyclic) bond motifs is 2. The molecule has 2 bridgehead atoms. The van der Waals surface area contributed by atoms with Crippen LogP contribution in [0.15, 0.2) is 48.7 Å². The van der Waals surface area contributed by atoms with Crippen molar-refractivity contribution in [1.29, 1.82) is 0 Å². The summed E-state index contributed by atoms with van der Waals surface area (Å²) < 4.78 is 5.20. The Morgan fingerprint density at radius 1 is 1.00 bits per heavy atom. The van der Waals surface area contributed by atoms with Crippen molar-refractivity contribution in [3.63, 3.8) is 0 Å². The van der Waals surface area contributed by atoms with Crippen molar-refractivity contribution in [3.8, 4) is 34.0 Å². The molecule has 0 amide bonds. The lowest BCUT2D eigenvalue weighted by Crippen LogP contribution is -2.58. The molecular formula is C26H31N5O2. The minimum Gasteiger partial charge on any atom is -0.507 e. The lowest BCUT2D eigenvalue weighted by molar-refractivity contribution is 0.207. The number of rotatable bonds is 5. The summed E-state index contributed by atoms with van der Waals surface area (Å²) in [5, 5.41) is 23.5. The number of aromatic nitrogens is 3. The zero-order chi connectivity index (χ0) is 23.2. The Kier molecular flexibility index (Phi) is 5.24. The van der Waals surface area contributed by atoms with E-state index in [1.54, 1.807) is 19.4 Å². The quantitative estimate of drug-likeness (QED) is 0.601. The van der Waals surface area contributed by atoms with Crippen LogP contribution in [0.1, 0.15) is 39.5 Å². The van der Waals surface area contributed by atoms with Crippen molar-refractivity contribution < 1.29 is 9.84 Å². The largest absolute Gasteiger partial charge is 0.507 e. The van der Waals surface area contributed by atoms with Crippen LogP contribution in [0.5, 0.6) is 11.6 Å². The first-order valence-corrected chi connectivity index (χ1v) is 11.5. The van der Waals surface area contributed by atoms with Crippen molar-refractivity contribution in [2.45, 2.75) is 56.7 Å². The molecule has 0 saturated carbocycles. The monoisotopic (exact) mass is 445 g/mol. The molecule has 2 N–H and O–H groups in total. The molecule has 3 atom stereocenters. The Morgan fingerprint density at radius 3 is 2.36 bits per heavy atom. The molecule has 1 unspecified atom stereocenters. The highest BCUT2D eigenvalue weighted by Crippen LogP contribution is 2.44. The third-order valence-electron chi connectivity index (χ3n) is 7.31. The highest BCUT2D eigenvalue weighted by Gasteiger charge is 2.49. The van der Waals surface area contributed by atoms with E-state index in [4.69, 9.17) is 4.74 Å². The molecule has 3 aromatic rings. The van der Waals surface area contributed by atoms with Crippen LogP contribution in [-0.2, 0) is 0 Å². The Hall–Kier alpha value is -3.19. The van der Waals surface area contributed by atoms with Crippen LogP contribution < -0.4 is 15.0 Å². The summed E-state index contributed by atoms with van der Waals surface area (Å²) in [5.41, 5.74) is 3.50. The van der Waals surface area contributed by atoms with Gasteiger partial charge in [-0.05, 0) is 81.0 Å². The van der Waals surface area contributed by atoms with E-state index in [0.717, 1.165) is 29.8 Å². The molecule has 1 aromatic carbocycles. The number of pyridine rings is 1. The third-order valence-corrected chi connectivity index (χ3v) is 7.31. The molecule has 5 rings (SSSR count). The standard InChI is InChI=1S/C26H31N5O2/c1-25-10-11-26(2,30-25)16-19(15-25)31(3)23-8-7-21(28-29-23)20-6-5-17(13-22(20)32)18-9-12-27-24(14-18)33-4/h5-9,12-14,19,30,32H,10-11,15-16H2,1-4H3/t19?,25-,26+. The number of hydrogen-bond acceptors (Lipinski definition) is 7.